The minimum Gasteiger partial charge on any atom is -0.141 e. The van der Waals surface area contributed by atoms with E-state index in [4.69, 9.17) is 0 Å². The fraction of sp³-hybridized carbons (Fsp3) is 0.600. The van der Waals surface area contributed by atoms with Crippen molar-refractivity contribution in [1.82, 2.24) is 0 Å². The van der Waals surface area contributed by atoms with Gasteiger partial charge >= 0.3 is 0 Å². The van der Waals surface area contributed by atoms with Crippen LogP contribution in [-0.2, 0) is 0 Å². The Balaban J connectivity index is 2.93. The number of aryl methyl sites for hydroxylation is 1. The summed E-state index contributed by atoms with van der Waals surface area (Å²) in [5.74, 6) is 0. The highest BCUT2D eigenvalue weighted by Crippen LogP contribution is 2.33. The highest BCUT2D eigenvalue weighted by Gasteiger charge is 2.15. The molecule has 0 bridgehead atoms. The quantitative estimate of drug-likeness (QED) is 0.617. The van der Waals surface area contributed by atoms with E-state index in [1.807, 2.05) is 11.3 Å². The van der Waals surface area contributed by atoms with E-state index in [1.54, 1.807) is 0 Å². The Morgan fingerprint density at radius 3 is 2.44 bits per heavy atom. The lowest BCUT2D eigenvalue weighted by Crippen LogP contribution is -2.07. The van der Waals surface area contributed by atoms with Gasteiger partial charge in [-0.15, -0.1) is 11.3 Å². The summed E-state index contributed by atoms with van der Waals surface area (Å²) in [5.41, 5.74) is 1.84. The van der Waals surface area contributed by atoms with E-state index in [1.165, 1.54) is 28.2 Å². The maximum atomic E-state index is 2.47. The van der Waals surface area contributed by atoms with Gasteiger partial charge in [-0.05, 0) is 42.9 Å². The van der Waals surface area contributed by atoms with Crippen LogP contribution in [0, 0.1) is 12.3 Å². The van der Waals surface area contributed by atoms with Crippen LogP contribution in [0.1, 0.15) is 56.7 Å². The van der Waals surface area contributed by atoms with Crippen LogP contribution in [0.25, 0.3) is 5.57 Å². The lowest BCUT2D eigenvalue weighted by molar-refractivity contribution is 0.432. The van der Waals surface area contributed by atoms with Crippen LogP contribution in [-0.4, -0.2) is 0 Å². The molecule has 0 aliphatic heterocycles. The van der Waals surface area contributed by atoms with Crippen molar-refractivity contribution in [1.29, 1.82) is 0 Å². The molecule has 1 rings (SSSR count). The first-order valence-electron chi connectivity index (χ1n) is 6.27. The molecule has 0 unspecified atom stereocenters. The fourth-order valence-corrected chi connectivity index (χ4v) is 3.10. The number of hydrogen-bond acceptors (Lipinski definition) is 1. The molecule has 1 aromatic rings. The molecule has 0 nitrogen and oxygen atoms in total. The van der Waals surface area contributed by atoms with Crippen LogP contribution in [0.2, 0.25) is 0 Å². The van der Waals surface area contributed by atoms with Crippen molar-refractivity contribution in [2.75, 3.05) is 0 Å². The number of hydrogen-bond donors (Lipinski definition) is 0. The summed E-state index contributed by atoms with van der Waals surface area (Å²) >= 11 is 1.91. The Bertz CT molecular complexity index is 355. The summed E-state index contributed by atoms with van der Waals surface area (Å²) in [7, 11) is 0. The van der Waals surface area contributed by atoms with Crippen molar-refractivity contribution in [3.05, 3.63) is 28.0 Å². The first-order valence-corrected chi connectivity index (χ1v) is 7.08. The summed E-state index contributed by atoms with van der Waals surface area (Å²) in [5, 5.41) is 0. The Kier molecular flexibility index (Phi) is 4.79. The van der Waals surface area contributed by atoms with Crippen molar-refractivity contribution in [2.45, 2.75) is 53.9 Å². The Morgan fingerprint density at radius 2 is 2.00 bits per heavy atom. The standard InChI is InChI=1S/C15H24S/c1-6-10-15(4,5)11-13(7-2)14-9-8-12(3)16-14/h8-9,11H,6-7,10H2,1-5H3/b13-11+. The van der Waals surface area contributed by atoms with Crippen LogP contribution in [0.3, 0.4) is 0 Å². The number of allylic oxidation sites excluding steroid dienone is 2. The van der Waals surface area contributed by atoms with Crippen molar-refractivity contribution in [2.24, 2.45) is 5.41 Å². The van der Waals surface area contributed by atoms with E-state index < -0.39 is 0 Å². The molecular weight excluding hydrogens is 212 g/mol. The summed E-state index contributed by atoms with van der Waals surface area (Å²) in [6, 6.07) is 4.48. The molecule has 0 saturated carbocycles. The molecule has 16 heavy (non-hydrogen) atoms. The lowest BCUT2D eigenvalue weighted by atomic mass is 9.85. The zero-order valence-electron chi connectivity index (χ0n) is 11.3. The van der Waals surface area contributed by atoms with Crippen molar-refractivity contribution >= 4 is 16.9 Å². The second-order valence-corrected chi connectivity index (χ2v) is 6.46. The largest absolute Gasteiger partial charge is 0.141 e. The first-order chi connectivity index (χ1) is 7.48. The Morgan fingerprint density at radius 1 is 1.31 bits per heavy atom. The second kappa shape index (κ2) is 5.67. The molecule has 0 atom stereocenters. The second-order valence-electron chi connectivity index (χ2n) is 5.17. The topological polar surface area (TPSA) is 0 Å². The van der Waals surface area contributed by atoms with Crippen LogP contribution < -0.4 is 0 Å². The Labute approximate surface area is 104 Å². The molecule has 0 fully saturated rings. The Hall–Kier alpha value is -0.560. The van der Waals surface area contributed by atoms with Crippen LogP contribution in [0.5, 0.6) is 0 Å². The predicted octanol–water partition coefficient (Wildman–Crippen LogP) is 5.68. The maximum absolute atomic E-state index is 2.47. The van der Waals surface area contributed by atoms with Gasteiger partial charge in [-0.3, -0.25) is 0 Å². The van der Waals surface area contributed by atoms with Gasteiger partial charge < -0.3 is 0 Å². The van der Waals surface area contributed by atoms with Gasteiger partial charge in [0.2, 0.25) is 0 Å². The van der Waals surface area contributed by atoms with Crippen molar-refractivity contribution in [3.63, 3.8) is 0 Å². The molecule has 0 aromatic carbocycles. The van der Waals surface area contributed by atoms with Gasteiger partial charge in [-0.2, -0.15) is 0 Å². The SMILES string of the molecule is CCCC(C)(C)/C=C(\CC)c1ccc(C)s1. The zero-order valence-corrected chi connectivity index (χ0v) is 12.1. The van der Waals surface area contributed by atoms with Crippen LogP contribution in [0.15, 0.2) is 18.2 Å². The summed E-state index contributed by atoms with van der Waals surface area (Å²) in [6.07, 6.45) is 6.12. The molecule has 0 N–H and O–H groups in total. The molecular formula is C15H24S. The summed E-state index contributed by atoms with van der Waals surface area (Å²) in [6.45, 7) is 11.4. The normalized spacial score (nSPS) is 13.2. The van der Waals surface area contributed by atoms with Gasteiger partial charge in [-0.1, -0.05) is 40.2 Å². The van der Waals surface area contributed by atoms with Gasteiger partial charge in [0.1, 0.15) is 0 Å². The average Bonchev–Trinajstić information content (AvgIpc) is 2.61. The van der Waals surface area contributed by atoms with E-state index in [9.17, 15) is 0 Å². The molecule has 0 saturated heterocycles. The van der Waals surface area contributed by atoms with E-state index in [-0.39, 0.29) is 0 Å². The summed E-state index contributed by atoms with van der Waals surface area (Å²) in [4.78, 5) is 2.85. The lowest BCUT2D eigenvalue weighted by Gasteiger charge is -2.21. The molecule has 1 aromatic heterocycles. The fourth-order valence-electron chi connectivity index (χ4n) is 2.14. The molecule has 0 spiro atoms. The number of rotatable bonds is 5. The third-order valence-corrected chi connectivity index (χ3v) is 3.97. The monoisotopic (exact) mass is 236 g/mol. The molecule has 0 amide bonds. The van der Waals surface area contributed by atoms with Gasteiger partial charge in [0.05, 0.1) is 0 Å². The van der Waals surface area contributed by atoms with E-state index in [0.29, 0.717) is 5.41 Å². The third kappa shape index (κ3) is 3.79. The average molecular weight is 236 g/mol. The first kappa shape index (κ1) is 13.5. The van der Waals surface area contributed by atoms with Gasteiger partial charge in [0.25, 0.3) is 0 Å². The zero-order chi connectivity index (χ0) is 12.2. The predicted molar refractivity (Wildman–Crippen MR) is 76.0 cm³/mol. The van der Waals surface area contributed by atoms with Crippen molar-refractivity contribution < 1.29 is 0 Å². The van der Waals surface area contributed by atoms with Crippen LogP contribution >= 0.6 is 11.3 Å². The molecule has 0 radical (unpaired) electrons. The molecule has 0 aliphatic carbocycles. The van der Waals surface area contributed by atoms with E-state index in [0.717, 1.165) is 6.42 Å². The van der Waals surface area contributed by atoms with E-state index in [2.05, 4.69) is 52.8 Å². The van der Waals surface area contributed by atoms with E-state index >= 15 is 0 Å². The minimum absolute atomic E-state index is 0.331. The van der Waals surface area contributed by atoms with Gasteiger partial charge in [0.15, 0.2) is 0 Å². The highest BCUT2D eigenvalue weighted by atomic mass is 32.1. The molecule has 1 heteroatoms. The maximum Gasteiger partial charge on any atom is 0.0302 e. The van der Waals surface area contributed by atoms with Gasteiger partial charge in [0, 0.05) is 9.75 Å². The smallest absolute Gasteiger partial charge is 0.0302 e. The highest BCUT2D eigenvalue weighted by molar-refractivity contribution is 7.13. The molecule has 1 heterocycles. The molecule has 0 aliphatic rings. The number of thiophene rings is 1. The van der Waals surface area contributed by atoms with Gasteiger partial charge in [-0.25, -0.2) is 0 Å². The minimum atomic E-state index is 0.331. The van der Waals surface area contributed by atoms with Crippen LogP contribution in [0.4, 0.5) is 0 Å². The summed E-state index contributed by atoms with van der Waals surface area (Å²) < 4.78 is 0. The van der Waals surface area contributed by atoms with Crippen molar-refractivity contribution in [3.8, 4) is 0 Å². The molecule has 90 valence electrons. The third-order valence-electron chi connectivity index (χ3n) is 2.90.